The molecule has 0 aromatic rings. The first-order chi connectivity index (χ1) is 9.72. The quantitative estimate of drug-likeness (QED) is 0.714. The normalized spacial score (nSPS) is 21.0. The lowest BCUT2D eigenvalue weighted by molar-refractivity contribution is -0.137. The van der Waals surface area contributed by atoms with Crippen LogP contribution in [-0.4, -0.2) is 73.5 Å². The number of carbonyl (C=O) groups is 2. The average molecular weight is 319 g/mol. The highest BCUT2D eigenvalue weighted by atomic mass is 35.5. The van der Waals surface area contributed by atoms with Gasteiger partial charge in [-0.2, -0.15) is 0 Å². The van der Waals surface area contributed by atoms with Crippen LogP contribution in [-0.2, 0) is 9.59 Å². The topological polar surface area (TPSA) is 64.7 Å². The third-order valence-electron chi connectivity index (χ3n) is 4.11. The number of piperazine rings is 1. The summed E-state index contributed by atoms with van der Waals surface area (Å²) >= 11 is 0. The Morgan fingerprint density at radius 2 is 2.05 bits per heavy atom. The highest BCUT2D eigenvalue weighted by Crippen LogP contribution is 2.15. The van der Waals surface area contributed by atoms with Crippen molar-refractivity contribution in [1.82, 2.24) is 20.4 Å². The van der Waals surface area contributed by atoms with Crippen LogP contribution in [0.25, 0.3) is 0 Å². The molecule has 2 saturated heterocycles. The summed E-state index contributed by atoms with van der Waals surface area (Å²) in [5.74, 6) is 0.118. The van der Waals surface area contributed by atoms with Gasteiger partial charge >= 0.3 is 0 Å². The first-order valence-electron chi connectivity index (χ1n) is 7.72. The lowest BCUT2D eigenvalue weighted by Gasteiger charge is -2.28. The van der Waals surface area contributed by atoms with Crippen molar-refractivity contribution in [2.45, 2.75) is 32.2 Å². The van der Waals surface area contributed by atoms with Gasteiger partial charge in [-0.25, -0.2) is 0 Å². The minimum Gasteiger partial charge on any atom is -0.353 e. The van der Waals surface area contributed by atoms with E-state index in [0.29, 0.717) is 19.4 Å². The Morgan fingerprint density at radius 3 is 2.62 bits per heavy atom. The molecular formula is C14H27ClN4O2. The van der Waals surface area contributed by atoms with Crippen molar-refractivity contribution in [3.8, 4) is 0 Å². The molecule has 2 rings (SSSR count). The van der Waals surface area contributed by atoms with Crippen molar-refractivity contribution < 1.29 is 9.59 Å². The number of nitrogens with zero attached hydrogens (tertiary/aromatic N) is 2. The van der Waals surface area contributed by atoms with Gasteiger partial charge in [0.2, 0.25) is 11.8 Å². The fourth-order valence-corrected chi connectivity index (χ4v) is 2.94. The van der Waals surface area contributed by atoms with Crippen LogP contribution >= 0.6 is 12.4 Å². The summed E-state index contributed by atoms with van der Waals surface area (Å²) in [5, 5.41) is 6.29. The summed E-state index contributed by atoms with van der Waals surface area (Å²) in [6.07, 6.45) is 2.15. The lowest BCUT2D eigenvalue weighted by atomic mass is 10.2. The van der Waals surface area contributed by atoms with Crippen LogP contribution in [0.1, 0.15) is 26.2 Å². The van der Waals surface area contributed by atoms with E-state index in [1.807, 2.05) is 6.92 Å². The molecule has 0 aromatic heterocycles. The van der Waals surface area contributed by atoms with E-state index in [4.69, 9.17) is 0 Å². The van der Waals surface area contributed by atoms with Crippen molar-refractivity contribution >= 4 is 24.2 Å². The third kappa shape index (κ3) is 5.13. The molecule has 122 valence electrons. The molecule has 21 heavy (non-hydrogen) atoms. The molecule has 2 amide bonds. The molecule has 2 fully saturated rings. The SMILES string of the molecule is CCC(C(=O)NCCN1CCNCC1)N1CCCC1=O.Cl. The Kier molecular flexibility index (Phi) is 8.00. The highest BCUT2D eigenvalue weighted by Gasteiger charge is 2.31. The molecule has 2 N–H and O–H groups in total. The third-order valence-corrected chi connectivity index (χ3v) is 4.11. The van der Waals surface area contributed by atoms with Gasteiger partial charge in [0.15, 0.2) is 0 Å². The predicted octanol–water partition coefficient (Wildman–Crippen LogP) is -0.169. The van der Waals surface area contributed by atoms with E-state index in [1.54, 1.807) is 4.90 Å². The molecule has 2 aliphatic heterocycles. The van der Waals surface area contributed by atoms with Gasteiger partial charge in [0.25, 0.3) is 0 Å². The van der Waals surface area contributed by atoms with E-state index in [9.17, 15) is 9.59 Å². The van der Waals surface area contributed by atoms with E-state index in [2.05, 4.69) is 15.5 Å². The van der Waals surface area contributed by atoms with E-state index < -0.39 is 0 Å². The van der Waals surface area contributed by atoms with Crippen LogP contribution < -0.4 is 10.6 Å². The Hall–Kier alpha value is -0.850. The van der Waals surface area contributed by atoms with Crippen molar-refractivity contribution in [2.24, 2.45) is 0 Å². The maximum atomic E-state index is 12.2. The Morgan fingerprint density at radius 1 is 1.33 bits per heavy atom. The van der Waals surface area contributed by atoms with Crippen molar-refractivity contribution in [3.05, 3.63) is 0 Å². The van der Waals surface area contributed by atoms with Crippen molar-refractivity contribution in [3.63, 3.8) is 0 Å². The van der Waals surface area contributed by atoms with Crippen molar-refractivity contribution in [2.75, 3.05) is 45.8 Å². The molecule has 7 heteroatoms. The minimum absolute atomic E-state index is 0. The number of amides is 2. The van der Waals surface area contributed by atoms with Gasteiger partial charge in [0, 0.05) is 52.2 Å². The number of carbonyl (C=O) groups excluding carboxylic acids is 2. The maximum absolute atomic E-state index is 12.2. The van der Waals surface area contributed by atoms with Gasteiger partial charge in [-0.1, -0.05) is 6.92 Å². The average Bonchev–Trinajstić information content (AvgIpc) is 2.87. The molecule has 2 heterocycles. The number of likely N-dealkylation sites (tertiary alicyclic amines) is 1. The monoisotopic (exact) mass is 318 g/mol. The zero-order chi connectivity index (χ0) is 14.4. The van der Waals surface area contributed by atoms with Gasteiger partial charge in [0.1, 0.15) is 6.04 Å². The second-order valence-electron chi connectivity index (χ2n) is 5.50. The highest BCUT2D eigenvalue weighted by molar-refractivity contribution is 5.88. The van der Waals surface area contributed by atoms with E-state index in [0.717, 1.165) is 45.7 Å². The number of halogens is 1. The predicted molar refractivity (Wildman–Crippen MR) is 84.6 cm³/mol. The summed E-state index contributed by atoms with van der Waals surface area (Å²) < 4.78 is 0. The Balaban J connectivity index is 0.00000220. The van der Waals surface area contributed by atoms with Gasteiger partial charge in [-0.3, -0.25) is 14.5 Å². The summed E-state index contributed by atoms with van der Waals surface area (Å²) in [5.41, 5.74) is 0. The Bertz CT molecular complexity index is 348. The molecule has 1 unspecified atom stereocenters. The molecule has 0 radical (unpaired) electrons. The first-order valence-corrected chi connectivity index (χ1v) is 7.72. The zero-order valence-corrected chi connectivity index (χ0v) is 13.6. The van der Waals surface area contributed by atoms with Crippen LogP contribution in [0.3, 0.4) is 0 Å². The number of hydrogen-bond donors (Lipinski definition) is 2. The summed E-state index contributed by atoms with van der Waals surface area (Å²) in [6.45, 7) is 8.36. The number of nitrogens with one attached hydrogen (secondary N) is 2. The molecule has 1 atom stereocenters. The van der Waals surface area contributed by atoms with Crippen LogP contribution in [0.5, 0.6) is 0 Å². The summed E-state index contributed by atoms with van der Waals surface area (Å²) in [4.78, 5) is 28.0. The largest absolute Gasteiger partial charge is 0.353 e. The maximum Gasteiger partial charge on any atom is 0.242 e. The van der Waals surface area contributed by atoms with Crippen LogP contribution in [0.15, 0.2) is 0 Å². The summed E-state index contributed by atoms with van der Waals surface area (Å²) in [7, 11) is 0. The molecular weight excluding hydrogens is 292 g/mol. The molecule has 0 aliphatic carbocycles. The van der Waals surface area contributed by atoms with E-state index >= 15 is 0 Å². The Labute approximate surface area is 133 Å². The van der Waals surface area contributed by atoms with Gasteiger partial charge in [0.05, 0.1) is 0 Å². The lowest BCUT2D eigenvalue weighted by Crippen LogP contribution is -2.50. The van der Waals surface area contributed by atoms with Crippen LogP contribution in [0.2, 0.25) is 0 Å². The van der Waals surface area contributed by atoms with Gasteiger partial charge in [-0.15, -0.1) is 12.4 Å². The van der Waals surface area contributed by atoms with Gasteiger partial charge in [-0.05, 0) is 12.8 Å². The molecule has 0 saturated carbocycles. The zero-order valence-electron chi connectivity index (χ0n) is 12.8. The molecule has 6 nitrogen and oxygen atoms in total. The standard InChI is InChI=1S/C14H26N4O2.ClH/c1-2-12(18-8-3-4-13(18)19)14(20)16-7-11-17-9-5-15-6-10-17;/h12,15H,2-11H2,1H3,(H,16,20);1H. The molecule has 2 aliphatic rings. The van der Waals surface area contributed by atoms with Crippen molar-refractivity contribution in [1.29, 1.82) is 0 Å². The second kappa shape index (κ2) is 9.23. The number of hydrogen-bond acceptors (Lipinski definition) is 4. The van der Waals surface area contributed by atoms with Crippen LogP contribution in [0, 0.1) is 0 Å². The van der Waals surface area contributed by atoms with E-state index in [1.165, 1.54) is 0 Å². The van der Waals surface area contributed by atoms with E-state index in [-0.39, 0.29) is 30.3 Å². The van der Waals surface area contributed by atoms with Gasteiger partial charge < -0.3 is 15.5 Å². The smallest absolute Gasteiger partial charge is 0.242 e. The number of rotatable bonds is 6. The first kappa shape index (κ1) is 18.2. The minimum atomic E-state index is -0.284. The second-order valence-corrected chi connectivity index (χ2v) is 5.50. The summed E-state index contributed by atoms with van der Waals surface area (Å²) in [6, 6.07) is -0.284. The molecule has 0 aromatic carbocycles. The fraction of sp³-hybridized carbons (Fsp3) is 0.857. The molecule has 0 bridgehead atoms. The fourth-order valence-electron chi connectivity index (χ4n) is 2.94. The van der Waals surface area contributed by atoms with Crippen LogP contribution in [0.4, 0.5) is 0 Å². The molecule has 0 spiro atoms.